The van der Waals surface area contributed by atoms with Gasteiger partial charge in [-0.05, 0) is 31.0 Å². The Kier molecular flexibility index (Phi) is 5.90. The first kappa shape index (κ1) is 18.4. The van der Waals surface area contributed by atoms with Gasteiger partial charge in [0.1, 0.15) is 5.69 Å². The van der Waals surface area contributed by atoms with Crippen molar-refractivity contribution in [2.45, 2.75) is 18.9 Å². The highest BCUT2D eigenvalue weighted by Crippen LogP contribution is 2.21. The molecule has 1 aromatic heterocycles. The van der Waals surface area contributed by atoms with Gasteiger partial charge < -0.3 is 10.6 Å². The molecular formula is C18H22ClN5O2. The molecule has 0 radical (unpaired) electrons. The van der Waals surface area contributed by atoms with Crippen molar-refractivity contribution in [2.75, 3.05) is 26.7 Å². The molecule has 3 rings (SSSR count). The number of H-pyrrole nitrogens is 1. The summed E-state index contributed by atoms with van der Waals surface area (Å²) in [5, 5.41) is 13.3. The van der Waals surface area contributed by atoms with Crippen LogP contribution in [0.3, 0.4) is 0 Å². The molecule has 0 saturated carbocycles. The summed E-state index contributed by atoms with van der Waals surface area (Å²) in [6, 6.07) is 9.16. The number of aromatic nitrogens is 2. The highest BCUT2D eigenvalue weighted by atomic mass is 35.5. The van der Waals surface area contributed by atoms with Crippen LogP contribution in [-0.4, -0.2) is 59.6 Å². The average Bonchev–Trinajstić information content (AvgIpc) is 3.13. The van der Waals surface area contributed by atoms with Crippen molar-refractivity contribution in [3.8, 4) is 11.3 Å². The van der Waals surface area contributed by atoms with E-state index in [1.807, 2.05) is 18.2 Å². The largest absolute Gasteiger partial charge is 0.358 e. The highest BCUT2D eigenvalue weighted by Gasteiger charge is 2.23. The fraction of sp³-hybridized carbons (Fsp3) is 0.389. The quantitative estimate of drug-likeness (QED) is 0.741. The Morgan fingerprint density at radius 1 is 1.31 bits per heavy atom. The number of benzene rings is 1. The number of aromatic amines is 1. The molecule has 8 heteroatoms. The molecule has 1 saturated heterocycles. The van der Waals surface area contributed by atoms with E-state index in [4.69, 9.17) is 11.6 Å². The zero-order valence-electron chi connectivity index (χ0n) is 14.6. The van der Waals surface area contributed by atoms with Gasteiger partial charge in [-0.25, -0.2) is 0 Å². The zero-order valence-corrected chi connectivity index (χ0v) is 15.3. The number of likely N-dealkylation sites (tertiary alicyclic amines) is 1. The van der Waals surface area contributed by atoms with Gasteiger partial charge in [0.05, 0.1) is 12.2 Å². The average molecular weight is 376 g/mol. The van der Waals surface area contributed by atoms with Gasteiger partial charge in [-0.2, -0.15) is 5.10 Å². The Hall–Kier alpha value is -2.38. The Labute approximate surface area is 157 Å². The molecule has 0 aliphatic carbocycles. The Bertz CT molecular complexity index is 783. The Morgan fingerprint density at radius 2 is 2.08 bits per heavy atom. The molecule has 2 heterocycles. The van der Waals surface area contributed by atoms with Crippen molar-refractivity contribution in [3.05, 3.63) is 41.0 Å². The number of piperidine rings is 1. The Balaban J connectivity index is 1.54. The fourth-order valence-electron chi connectivity index (χ4n) is 3.01. The fourth-order valence-corrected chi connectivity index (χ4v) is 3.20. The summed E-state index contributed by atoms with van der Waals surface area (Å²) in [5.41, 5.74) is 1.96. The van der Waals surface area contributed by atoms with Crippen LogP contribution in [0, 0.1) is 0 Å². The van der Waals surface area contributed by atoms with E-state index in [2.05, 4.69) is 25.7 Å². The summed E-state index contributed by atoms with van der Waals surface area (Å²) in [5.74, 6) is -0.158. The molecule has 1 aliphatic heterocycles. The molecule has 2 amide bonds. The number of amides is 2. The second kappa shape index (κ2) is 8.33. The third kappa shape index (κ3) is 4.62. The summed E-state index contributed by atoms with van der Waals surface area (Å²) in [6.45, 7) is 1.98. The van der Waals surface area contributed by atoms with E-state index in [-0.39, 0.29) is 17.9 Å². The highest BCUT2D eigenvalue weighted by molar-refractivity contribution is 6.30. The molecule has 1 aromatic carbocycles. The van der Waals surface area contributed by atoms with Crippen molar-refractivity contribution in [2.24, 2.45) is 0 Å². The zero-order chi connectivity index (χ0) is 18.5. The lowest BCUT2D eigenvalue weighted by Gasteiger charge is -2.31. The van der Waals surface area contributed by atoms with Crippen LogP contribution in [0.2, 0.25) is 5.02 Å². The van der Waals surface area contributed by atoms with Gasteiger partial charge in [0.2, 0.25) is 5.91 Å². The lowest BCUT2D eigenvalue weighted by Crippen LogP contribution is -2.47. The number of hydrogen-bond acceptors (Lipinski definition) is 4. The predicted molar refractivity (Wildman–Crippen MR) is 100 cm³/mol. The summed E-state index contributed by atoms with van der Waals surface area (Å²) >= 11 is 6.00. The van der Waals surface area contributed by atoms with E-state index in [0.29, 0.717) is 23.0 Å². The van der Waals surface area contributed by atoms with Crippen LogP contribution in [0.5, 0.6) is 0 Å². The molecule has 1 fully saturated rings. The number of carbonyl (C=O) groups excluding carboxylic acids is 2. The number of rotatable bonds is 5. The number of halogens is 1. The summed E-state index contributed by atoms with van der Waals surface area (Å²) < 4.78 is 0. The first-order chi connectivity index (χ1) is 12.5. The number of carbonyl (C=O) groups is 2. The third-order valence-corrected chi connectivity index (χ3v) is 4.75. The number of likely N-dealkylation sites (N-methyl/N-ethyl adjacent to an activating group) is 1. The van der Waals surface area contributed by atoms with Gasteiger partial charge in [0, 0.05) is 36.8 Å². The molecule has 2 aromatic rings. The normalized spacial score (nSPS) is 15.6. The lowest BCUT2D eigenvalue weighted by atomic mass is 10.0. The van der Waals surface area contributed by atoms with Gasteiger partial charge in [-0.15, -0.1) is 0 Å². The molecule has 0 bridgehead atoms. The van der Waals surface area contributed by atoms with Crippen molar-refractivity contribution in [3.63, 3.8) is 0 Å². The van der Waals surface area contributed by atoms with Gasteiger partial charge in [-0.1, -0.05) is 23.7 Å². The predicted octanol–water partition coefficient (Wildman–Crippen LogP) is 1.67. The number of nitrogens with one attached hydrogen (secondary N) is 3. The summed E-state index contributed by atoms with van der Waals surface area (Å²) in [7, 11) is 1.64. The maximum atomic E-state index is 12.4. The van der Waals surface area contributed by atoms with E-state index in [1.54, 1.807) is 19.2 Å². The minimum atomic E-state index is -0.171. The monoisotopic (exact) mass is 375 g/mol. The number of hydrogen-bond donors (Lipinski definition) is 3. The SMILES string of the molecule is CNC(=O)CN1CCC(NC(=O)c2cc(-c3cccc(Cl)c3)n[nH]2)CC1. The van der Waals surface area contributed by atoms with Crippen LogP contribution in [0.4, 0.5) is 0 Å². The number of nitrogens with zero attached hydrogens (tertiary/aromatic N) is 2. The minimum absolute atomic E-state index is 0.0125. The lowest BCUT2D eigenvalue weighted by molar-refractivity contribution is -0.122. The van der Waals surface area contributed by atoms with Crippen LogP contribution in [0.25, 0.3) is 11.3 Å². The van der Waals surface area contributed by atoms with Crippen LogP contribution in [0.15, 0.2) is 30.3 Å². The topological polar surface area (TPSA) is 90.1 Å². The smallest absolute Gasteiger partial charge is 0.269 e. The van der Waals surface area contributed by atoms with Crippen LogP contribution >= 0.6 is 11.6 Å². The van der Waals surface area contributed by atoms with E-state index in [0.717, 1.165) is 31.5 Å². The second-order valence-electron chi connectivity index (χ2n) is 6.37. The molecule has 3 N–H and O–H groups in total. The van der Waals surface area contributed by atoms with Crippen LogP contribution < -0.4 is 10.6 Å². The minimum Gasteiger partial charge on any atom is -0.358 e. The van der Waals surface area contributed by atoms with Crippen molar-refractivity contribution in [1.29, 1.82) is 0 Å². The summed E-state index contributed by atoms with van der Waals surface area (Å²) in [4.78, 5) is 26.0. The molecular weight excluding hydrogens is 354 g/mol. The Morgan fingerprint density at radius 3 is 2.77 bits per heavy atom. The van der Waals surface area contributed by atoms with Gasteiger partial charge in [0.25, 0.3) is 5.91 Å². The van der Waals surface area contributed by atoms with Gasteiger partial charge in [-0.3, -0.25) is 19.6 Å². The molecule has 0 atom stereocenters. The van der Waals surface area contributed by atoms with Crippen molar-refractivity contribution < 1.29 is 9.59 Å². The molecule has 0 unspecified atom stereocenters. The standard InChI is InChI=1S/C18H22ClN5O2/c1-20-17(25)11-24-7-5-14(6-8-24)21-18(26)16-10-15(22-23-16)12-3-2-4-13(19)9-12/h2-4,9-10,14H,5-8,11H2,1H3,(H,20,25)(H,21,26)(H,22,23). The molecule has 26 heavy (non-hydrogen) atoms. The van der Waals surface area contributed by atoms with Gasteiger partial charge in [0.15, 0.2) is 0 Å². The van der Waals surface area contributed by atoms with E-state index in [9.17, 15) is 9.59 Å². The molecule has 0 spiro atoms. The van der Waals surface area contributed by atoms with Crippen molar-refractivity contribution in [1.82, 2.24) is 25.7 Å². The van der Waals surface area contributed by atoms with Gasteiger partial charge >= 0.3 is 0 Å². The van der Waals surface area contributed by atoms with Crippen LogP contribution in [0.1, 0.15) is 23.3 Å². The summed E-state index contributed by atoms with van der Waals surface area (Å²) in [6.07, 6.45) is 1.63. The third-order valence-electron chi connectivity index (χ3n) is 4.51. The maximum Gasteiger partial charge on any atom is 0.269 e. The molecule has 7 nitrogen and oxygen atoms in total. The van der Waals surface area contributed by atoms with E-state index in [1.165, 1.54) is 0 Å². The first-order valence-corrected chi connectivity index (χ1v) is 8.98. The van der Waals surface area contributed by atoms with E-state index < -0.39 is 0 Å². The second-order valence-corrected chi connectivity index (χ2v) is 6.81. The van der Waals surface area contributed by atoms with E-state index >= 15 is 0 Å². The first-order valence-electron chi connectivity index (χ1n) is 8.60. The maximum absolute atomic E-state index is 12.4. The molecule has 138 valence electrons. The molecule has 1 aliphatic rings. The van der Waals surface area contributed by atoms with Crippen LogP contribution in [-0.2, 0) is 4.79 Å². The van der Waals surface area contributed by atoms with Crippen molar-refractivity contribution >= 4 is 23.4 Å².